The van der Waals surface area contributed by atoms with Gasteiger partial charge in [0.2, 0.25) is 6.41 Å². The molecule has 0 fully saturated rings. The zero-order valence-corrected chi connectivity index (χ0v) is 4.18. The SMILES string of the molecule is CN(C=O)[SH]=O. The second-order valence-corrected chi connectivity index (χ2v) is 1.55. The number of carbonyl (C=O) groups excluding carboxylic acids is 1. The molecule has 0 aliphatic rings. The number of hydrogen-bond acceptors (Lipinski definition) is 2. The lowest BCUT2D eigenvalue weighted by atomic mass is 11.2. The van der Waals surface area contributed by atoms with E-state index in [9.17, 15) is 9.00 Å². The van der Waals surface area contributed by atoms with E-state index in [0.717, 1.165) is 4.31 Å². The number of rotatable bonds is 2. The van der Waals surface area contributed by atoms with Crippen LogP contribution in [-0.4, -0.2) is 22.0 Å². The Morgan fingerprint density at radius 1 is 1.83 bits per heavy atom. The summed E-state index contributed by atoms with van der Waals surface area (Å²) >= 11 is -0.257. The Kier molecular flexibility index (Phi) is 2.66. The van der Waals surface area contributed by atoms with Gasteiger partial charge in [0.25, 0.3) is 0 Å². The van der Waals surface area contributed by atoms with Crippen molar-refractivity contribution in [3.63, 3.8) is 0 Å². The molecule has 0 aliphatic heterocycles. The molecule has 1 amide bonds. The highest BCUT2D eigenvalue weighted by atomic mass is 32.2. The van der Waals surface area contributed by atoms with Crippen LogP contribution in [0.4, 0.5) is 0 Å². The van der Waals surface area contributed by atoms with Crippen molar-refractivity contribution in [1.29, 1.82) is 0 Å². The van der Waals surface area contributed by atoms with E-state index in [0.29, 0.717) is 6.41 Å². The lowest BCUT2D eigenvalue weighted by Crippen LogP contribution is -2.07. The third kappa shape index (κ3) is 1.90. The van der Waals surface area contributed by atoms with E-state index in [1.165, 1.54) is 7.05 Å². The summed E-state index contributed by atoms with van der Waals surface area (Å²) in [5.74, 6) is 0. The molecule has 0 aromatic rings. The van der Waals surface area contributed by atoms with Crippen LogP contribution in [-0.2, 0) is 16.6 Å². The van der Waals surface area contributed by atoms with Gasteiger partial charge in [0.05, 0.1) is 0 Å². The molecule has 0 aliphatic carbocycles. The van der Waals surface area contributed by atoms with Gasteiger partial charge in [-0.25, -0.2) is 4.21 Å². The summed E-state index contributed by atoms with van der Waals surface area (Å²) in [6.07, 6.45) is 0.481. The van der Waals surface area contributed by atoms with Crippen molar-refractivity contribution in [2.45, 2.75) is 0 Å². The summed E-state index contributed by atoms with van der Waals surface area (Å²) in [7, 11) is 1.42. The number of hydrogen-bond donors (Lipinski definition) is 1. The van der Waals surface area contributed by atoms with E-state index < -0.39 is 0 Å². The van der Waals surface area contributed by atoms with Crippen molar-refractivity contribution < 1.29 is 9.00 Å². The largest absolute Gasteiger partial charge is 0.278 e. The quantitative estimate of drug-likeness (QED) is 0.360. The monoisotopic (exact) mass is 107 g/mol. The molecule has 0 saturated heterocycles. The van der Waals surface area contributed by atoms with Gasteiger partial charge in [-0.2, -0.15) is 0 Å². The third-order valence-electron chi connectivity index (χ3n) is 0.281. The Morgan fingerprint density at radius 2 is 2.33 bits per heavy atom. The Balaban J connectivity index is 3.21. The molecule has 0 rings (SSSR count). The molecule has 0 aromatic heterocycles. The maximum atomic E-state index is 9.53. The lowest BCUT2D eigenvalue weighted by molar-refractivity contribution is -0.113. The zero-order valence-electron chi connectivity index (χ0n) is 3.29. The molecule has 4 heteroatoms. The van der Waals surface area contributed by atoms with Crippen molar-refractivity contribution in [1.82, 2.24) is 4.31 Å². The molecule has 0 spiro atoms. The number of thiol groups is 1. The van der Waals surface area contributed by atoms with E-state index in [1.54, 1.807) is 0 Å². The second kappa shape index (κ2) is 2.84. The molecule has 36 valence electrons. The van der Waals surface area contributed by atoms with E-state index in [2.05, 4.69) is 0 Å². The molecule has 0 radical (unpaired) electrons. The van der Waals surface area contributed by atoms with Crippen LogP contribution in [0, 0.1) is 0 Å². The minimum atomic E-state index is -0.257. The summed E-state index contributed by atoms with van der Waals surface area (Å²) in [5.41, 5.74) is 0. The van der Waals surface area contributed by atoms with Gasteiger partial charge in [0.1, 0.15) is 11.9 Å². The van der Waals surface area contributed by atoms with Crippen LogP contribution in [0.3, 0.4) is 0 Å². The Morgan fingerprint density at radius 3 is 2.33 bits per heavy atom. The smallest absolute Gasteiger partial charge is 0.220 e. The normalized spacial score (nSPS) is 7.50. The highest BCUT2D eigenvalue weighted by Gasteiger charge is 1.77. The van der Waals surface area contributed by atoms with Gasteiger partial charge in [-0.05, 0) is 0 Å². The highest BCUT2D eigenvalue weighted by molar-refractivity contribution is 7.63. The number of nitrogens with zero attached hydrogens (tertiary/aromatic N) is 1. The molecule has 0 saturated carbocycles. The molecule has 0 aromatic carbocycles. The number of amides is 1. The zero-order chi connectivity index (χ0) is 4.99. The van der Waals surface area contributed by atoms with Crippen LogP contribution in [0.1, 0.15) is 0 Å². The Hall–Kier alpha value is -0.380. The molecule has 0 unspecified atom stereocenters. The van der Waals surface area contributed by atoms with Crippen LogP contribution in [0.25, 0.3) is 0 Å². The van der Waals surface area contributed by atoms with Gasteiger partial charge in [-0.1, -0.05) is 0 Å². The molecule has 6 heavy (non-hydrogen) atoms. The summed E-state index contributed by atoms with van der Waals surface area (Å²) in [4.78, 5) is 9.45. The fourth-order valence-electron chi connectivity index (χ4n) is 0.0192. The predicted molar refractivity (Wildman–Crippen MR) is 23.4 cm³/mol. The first-order valence-corrected chi connectivity index (χ1v) is 2.09. The van der Waals surface area contributed by atoms with Gasteiger partial charge in [-0.3, -0.25) is 9.10 Å². The summed E-state index contributed by atoms with van der Waals surface area (Å²) < 4.78 is 10.5. The molecule has 0 heterocycles. The molecule has 0 bridgehead atoms. The van der Waals surface area contributed by atoms with Crippen LogP contribution in [0.15, 0.2) is 0 Å². The minimum absolute atomic E-state index is 0.257. The lowest BCUT2D eigenvalue weighted by Gasteiger charge is -1.91. The third-order valence-corrected chi connectivity index (χ3v) is 0.633. The van der Waals surface area contributed by atoms with Crippen LogP contribution < -0.4 is 0 Å². The molecular formula is C2H5NO2S. The minimum Gasteiger partial charge on any atom is -0.278 e. The highest BCUT2D eigenvalue weighted by Crippen LogP contribution is 1.61. The summed E-state index contributed by atoms with van der Waals surface area (Å²) in [6.45, 7) is 0. The van der Waals surface area contributed by atoms with Crippen molar-refractivity contribution in [2.75, 3.05) is 7.05 Å². The fraction of sp³-hybridized carbons (Fsp3) is 0.500. The maximum Gasteiger partial charge on any atom is 0.220 e. The Labute approximate surface area is 39.6 Å². The molecule has 0 N–H and O–H groups in total. The first-order chi connectivity index (χ1) is 2.81. The van der Waals surface area contributed by atoms with Crippen molar-refractivity contribution in [3.8, 4) is 0 Å². The molecule has 3 nitrogen and oxygen atoms in total. The van der Waals surface area contributed by atoms with Gasteiger partial charge >= 0.3 is 0 Å². The van der Waals surface area contributed by atoms with Gasteiger partial charge in [-0.15, -0.1) is 0 Å². The van der Waals surface area contributed by atoms with Crippen molar-refractivity contribution in [3.05, 3.63) is 0 Å². The second-order valence-electron chi connectivity index (χ2n) is 0.761. The van der Waals surface area contributed by atoms with Crippen molar-refractivity contribution >= 4 is 18.3 Å². The standard InChI is InChI=1S/C2H5NO2S/c1-3(2-4)6-5/h2,6H,1H3. The van der Waals surface area contributed by atoms with Gasteiger partial charge in [0, 0.05) is 7.05 Å². The van der Waals surface area contributed by atoms with Crippen LogP contribution in [0.5, 0.6) is 0 Å². The average molecular weight is 107 g/mol. The molecular weight excluding hydrogens is 102 g/mol. The summed E-state index contributed by atoms with van der Waals surface area (Å²) in [5, 5.41) is 0. The first-order valence-electron chi connectivity index (χ1n) is 1.32. The van der Waals surface area contributed by atoms with E-state index in [4.69, 9.17) is 0 Å². The fourth-order valence-corrected chi connectivity index (χ4v) is 0.0577. The average Bonchev–Trinajstić information content (AvgIpc) is 1.65. The van der Waals surface area contributed by atoms with E-state index >= 15 is 0 Å². The topological polar surface area (TPSA) is 37.4 Å². The first kappa shape index (κ1) is 5.62. The van der Waals surface area contributed by atoms with Gasteiger partial charge in [0.15, 0.2) is 0 Å². The van der Waals surface area contributed by atoms with Crippen LogP contribution >= 0.6 is 0 Å². The van der Waals surface area contributed by atoms with Crippen LogP contribution in [0.2, 0.25) is 0 Å². The van der Waals surface area contributed by atoms with E-state index in [-0.39, 0.29) is 11.9 Å². The van der Waals surface area contributed by atoms with E-state index in [1.807, 2.05) is 0 Å². The predicted octanol–water partition coefficient (Wildman–Crippen LogP) is -1.07. The maximum absolute atomic E-state index is 9.53. The van der Waals surface area contributed by atoms with Gasteiger partial charge < -0.3 is 0 Å². The Bertz CT molecular complexity index is 56.6. The van der Waals surface area contributed by atoms with Crippen molar-refractivity contribution in [2.24, 2.45) is 0 Å². The number of carbonyl (C=O) groups is 1. The summed E-state index contributed by atoms with van der Waals surface area (Å²) in [6, 6.07) is 0. The molecule has 0 atom stereocenters.